The number of fused-ring (bicyclic) bond motifs is 1. The highest BCUT2D eigenvalue weighted by Gasteiger charge is 2.23. The summed E-state index contributed by atoms with van der Waals surface area (Å²) in [6, 6.07) is 13.2. The van der Waals surface area contributed by atoms with Crippen molar-refractivity contribution >= 4 is 16.9 Å². The minimum absolute atomic E-state index is 0.225. The Kier molecular flexibility index (Phi) is 4.12. The van der Waals surface area contributed by atoms with E-state index in [1.165, 1.54) is 0 Å². The average molecular weight is 310 g/mol. The lowest BCUT2D eigenvalue weighted by atomic mass is 10.0. The third-order valence-corrected chi connectivity index (χ3v) is 3.65. The van der Waals surface area contributed by atoms with E-state index in [4.69, 9.17) is 4.74 Å². The molecule has 0 aliphatic heterocycles. The van der Waals surface area contributed by atoms with Gasteiger partial charge in [0.05, 0.1) is 17.8 Å². The summed E-state index contributed by atoms with van der Waals surface area (Å²) in [5.41, 5.74) is 3.01. The summed E-state index contributed by atoms with van der Waals surface area (Å²) in [7, 11) is 0. The highest BCUT2D eigenvalue weighted by Crippen LogP contribution is 2.25. The Balaban J connectivity index is 2.10. The van der Waals surface area contributed by atoms with Crippen LogP contribution in [0, 0.1) is 6.92 Å². The van der Waals surface area contributed by atoms with Crippen molar-refractivity contribution in [2.75, 3.05) is 6.61 Å². The normalized spacial score (nSPS) is 12.3. The molecule has 0 amide bonds. The van der Waals surface area contributed by atoms with E-state index in [0.29, 0.717) is 11.3 Å². The van der Waals surface area contributed by atoms with Gasteiger partial charge in [-0.15, -0.1) is 0 Å². The number of aliphatic hydroxyl groups is 1. The van der Waals surface area contributed by atoms with E-state index >= 15 is 0 Å². The van der Waals surface area contributed by atoms with E-state index in [2.05, 4.69) is 5.10 Å². The van der Waals surface area contributed by atoms with Crippen molar-refractivity contribution < 1.29 is 14.6 Å². The topological polar surface area (TPSA) is 64.3 Å². The fraction of sp³-hybridized carbons (Fsp3) is 0.222. The van der Waals surface area contributed by atoms with Crippen LogP contribution in [0.2, 0.25) is 0 Å². The molecule has 0 bridgehead atoms. The molecule has 2 aromatic carbocycles. The quantitative estimate of drug-likeness (QED) is 0.753. The summed E-state index contributed by atoms with van der Waals surface area (Å²) in [6.07, 6.45) is 0.545. The molecule has 3 aromatic rings. The van der Waals surface area contributed by atoms with E-state index in [9.17, 15) is 9.90 Å². The molecule has 1 atom stereocenters. The number of benzene rings is 2. The van der Waals surface area contributed by atoms with Gasteiger partial charge < -0.3 is 9.84 Å². The molecular weight excluding hydrogens is 292 g/mol. The second kappa shape index (κ2) is 6.22. The second-order valence-electron chi connectivity index (χ2n) is 5.35. The Morgan fingerprint density at radius 1 is 1.30 bits per heavy atom. The number of hydrogen-bond donors (Lipinski definition) is 1. The molecule has 1 N–H and O–H groups in total. The van der Waals surface area contributed by atoms with Crippen LogP contribution < -0.4 is 0 Å². The van der Waals surface area contributed by atoms with Crippen LogP contribution in [0.5, 0.6) is 0 Å². The van der Waals surface area contributed by atoms with Gasteiger partial charge in [0.15, 0.2) is 6.10 Å². The molecule has 0 spiro atoms. The van der Waals surface area contributed by atoms with Crippen LogP contribution in [-0.4, -0.2) is 27.5 Å². The van der Waals surface area contributed by atoms with Crippen LogP contribution in [0.25, 0.3) is 16.6 Å². The molecule has 118 valence electrons. The first-order chi connectivity index (χ1) is 11.1. The van der Waals surface area contributed by atoms with Crippen molar-refractivity contribution in [3.8, 4) is 5.69 Å². The number of hydrogen-bond acceptors (Lipinski definition) is 4. The van der Waals surface area contributed by atoms with Crippen LogP contribution in [-0.2, 0) is 9.53 Å². The first kappa shape index (κ1) is 15.2. The lowest BCUT2D eigenvalue weighted by Crippen LogP contribution is -2.17. The van der Waals surface area contributed by atoms with Crippen LogP contribution in [0.4, 0.5) is 0 Å². The van der Waals surface area contributed by atoms with Crippen molar-refractivity contribution in [1.82, 2.24) is 9.78 Å². The highest BCUT2D eigenvalue weighted by molar-refractivity contribution is 5.80. The van der Waals surface area contributed by atoms with Crippen molar-refractivity contribution in [2.45, 2.75) is 20.0 Å². The Labute approximate surface area is 134 Å². The molecule has 1 heterocycles. The fourth-order valence-electron chi connectivity index (χ4n) is 2.52. The summed E-state index contributed by atoms with van der Waals surface area (Å²) in [4.78, 5) is 11.9. The standard InChI is InChI=1S/C18H18N2O3/c1-3-23-18(22)17(21)14-9-8-12(2)10-16(14)20-11-13-6-4-5-7-15(13)19-20/h4-11,17,21H,3H2,1-2H3. The second-order valence-corrected chi connectivity index (χ2v) is 5.35. The zero-order valence-corrected chi connectivity index (χ0v) is 13.1. The molecule has 0 aliphatic carbocycles. The molecule has 1 unspecified atom stereocenters. The van der Waals surface area contributed by atoms with Gasteiger partial charge in [-0.1, -0.05) is 30.3 Å². The van der Waals surface area contributed by atoms with Crippen molar-refractivity contribution in [1.29, 1.82) is 0 Å². The number of ether oxygens (including phenoxy) is 1. The molecule has 23 heavy (non-hydrogen) atoms. The molecule has 0 radical (unpaired) electrons. The van der Waals surface area contributed by atoms with Gasteiger partial charge in [-0.2, -0.15) is 5.10 Å². The molecule has 3 rings (SSSR count). The van der Waals surface area contributed by atoms with Crippen molar-refractivity contribution in [2.24, 2.45) is 0 Å². The van der Waals surface area contributed by atoms with Gasteiger partial charge in [-0.05, 0) is 31.5 Å². The summed E-state index contributed by atoms with van der Waals surface area (Å²) in [5.74, 6) is -0.658. The maximum atomic E-state index is 11.9. The lowest BCUT2D eigenvalue weighted by molar-refractivity contribution is -0.153. The van der Waals surface area contributed by atoms with E-state index in [0.717, 1.165) is 16.5 Å². The van der Waals surface area contributed by atoms with Gasteiger partial charge in [-0.3, -0.25) is 0 Å². The Hall–Kier alpha value is -2.66. The maximum absolute atomic E-state index is 11.9. The molecule has 5 nitrogen and oxygen atoms in total. The number of esters is 1. The number of carbonyl (C=O) groups excluding carboxylic acids is 1. The van der Waals surface area contributed by atoms with Crippen molar-refractivity contribution in [3.05, 3.63) is 59.8 Å². The Morgan fingerprint density at radius 2 is 2.09 bits per heavy atom. The van der Waals surface area contributed by atoms with E-state index in [-0.39, 0.29) is 6.61 Å². The molecule has 0 fully saturated rings. The SMILES string of the molecule is CCOC(=O)C(O)c1ccc(C)cc1-n1cc2ccccc2n1. The zero-order chi connectivity index (χ0) is 16.4. The van der Waals surface area contributed by atoms with E-state index in [1.807, 2.05) is 49.5 Å². The van der Waals surface area contributed by atoms with Gasteiger partial charge in [0.1, 0.15) is 0 Å². The van der Waals surface area contributed by atoms with Crippen LogP contribution in [0.3, 0.4) is 0 Å². The minimum Gasteiger partial charge on any atom is -0.464 e. The third kappa shape index (κ3) is 2.96. The third-order valence-electron chi connectivity index (χ3n) is 3.65. The zero-order valence-electron chi connectivity index (χ0n) is 13.1. The van der Waals surface area contributed by atoms with Gasteiger partial charge in [-0.25, -0.2) is 9.48 Å². The van der Waals surface area contributed by atoms with Gasteiger partial charge in [0, 0.05) is 17.1 Å². The Bertz CT molecular complexity index is 821. The average Bonchev–Trinajstić information content (AvgIpc) is 2.98. The Morgan fingerprint density at radius 3 is 2.83 bits per heavy atom. The summed E-state index contributed by atoms with van der Waals surface area (Å²) >= 11 is 0. The number of aromatic nitrogens is 2. The summed E-state index contributed by atoms with van der Waals surface area (Å²) in [6.45, 7) is 3.89. The predicted octanol–water partition coefficient (Wildman–Crippen LogP) is 2.93. The molecule has 5 heteroatoms. The number of aliphatic hydroxyl groups excluding tert-OH is 1. The van der Waals surface area contributed by atoms with E-state index in [1.54, 1.807) is 17.7 Å². The molecule has 1 aromatic heterocycles. The number of nitrogens with zero attached hydrogens (tertiary/aromatic N) is 2. The number of aryl methyl sites for hydroxylation is 1. The summed E-state index contributed by atoms with van der Waals surface area (Å²) < 4.78 is 6.61. The van der Waals surface area contributed by atoms with Gasteiger partial charge in [0.2, 0.25) is 0 Å². The summed E-state index contributed by atoms with van der Waals surface area (Å²) in [5, 5.41) is 15.8. The predicted molar refractivity (Wildman–Crippen MR) is 87.4 cm³/mol. The number of carbonyl (C=O) groups is 1. The van der Waals surface area contributed by atoms with Crippen LogP contribution >= 0.6 is 0 Å². The van der Waals surface area contributed by atoms with E-state index < -0.39 is 12.1 Å². The molecule has 0 saturated heterocycles. The largest absolute Gasteiger partial charge is 0.464 e. The fourth-order valence-corrected chi connectivity index (χ4v) is 2.52. The highest BCUT2D eigenvalue weighted by atomic mass is 16.5. The number of rotatable bonds is 4. The van der Waals surface area contributed by atoms with Gasteiger partial charge in [0.25, 0.3) is 0 Å². The molecule has 0 saturated carbocycles. The first-order valence-corrected chi connectivity index (χ1v) is 7.50. The lowest BCUT2D eigenvalue weighted by Gasteiger charge is -2.15. The molecule has 0 aliphatic rings. The van der Waals surface area contributed by atoms with Crippen LogP contribution in [0.15, 0.2) is 48.7 Å². The van der Waals surface area contributed by atoms with Crippen molar-refractivity contribution in [3.63, 3.8) is 0 Å². The first-order valence-electron chi connectivity index (χ1n) is 7.50. The minimum atomic E-state index is -1.34. The smallest absolute Gasteiger partial charge is 0.339 e. The maximum Gasteiger partial charge on any atom is 0.339 e. The monoisotopic (exact) mass is 310 g/mol. The van der Waals surface area contributed by atoms with Gasteiger partial charge >= 0.3 is 5.97 Å². The molecular formula is C18H18N2O3. The van der Waals surface area contributed by atoms with Crippen LogP contribution in [0.1, 0.15) is 24.2 Å².